The van der Waals surface area contributed by atoms with Gasteiger partial charge in [0.15, 0.2) is 0 Å². The third-order valence-corrected chi connectivity index (χ3v) is 3.02. The molecule has 1 N–H and O–H groups in total. The molecule has 0 aliphatic heterocycles. The molecule has 2 heteroatoms. The minimum Gasteiger partial charge on any atom is -0.396 e. The zero-order chi connectivity index (χ0) is 13.1. The largest absolute Gasteiger partial charge is 0.396 e. The molecular formula is C16H24O2. The van der Waals surface area contributed by atoms with Gasteiger partial charge in [0.05, 0.1) is 6.61 Å². The van der Waals surface area contributed by atoms with E-state index in [9.17, 15) is 0 Å². The molecule has 0 heterocycles. The Kier molecular flexibility index (Phi) is 8.19. The average Bonchev–Trinajstić information content (AvgIpc) is 2.42. The highest BCUT2D eigenvalue weighted by Crippen LogP contribution is 2.12. The zero-order valence-corrected chi connectivity index (χ0v) is 11.1. The normalized spacial score (nSPS) is 12.3. The van der Waals surface area contributed by atoms with Crippen molar-refractivity contribution in [1.82, 2.24) is 0 Å². The number of ether oxygens (including phenoxy) is 1. The predicted octanol–water partition coefficient (Wildman–Crippen LogP) is 3.56. The number of unbranched alkanes of at least 4 members (excludes halogenated alkanes) is 1. The lowest BCUT2D eigenvalue weighted by Crippen LogP contribution is -2.05. The van der Waals surface area contributed by atoms with E-state index in [0.717, 1.165) is 32.3 Å². The summed E-state index contributed by atoms with van der Waals surface area (Å²) in [6.45, 7) is 5.45. The second-order valence-electron chi connectivity index (χ2n) is 4.61. The fourth-order valence-electron chi connectivity index (χ4n) is 1.92. The maximum atomic E-state index is 9.13. The lowest BCUT2D eigenvalue weighted by atomic mass is 9.99. The van der Waals surface area contributed by atoms with E-state index in [2.05, 4.69) is 18.7 Å². The summed E-state index contributed by atoms with van der Waals surface area (Å²) in [7, 11) is 0. The molecule has 0 radical (unpaired) electrons. The molecule has 0 amide bonds. The van der Waals surface area contributed by atoms with E-state index in [0.29, 0.717) is 12.5 Å². The van der Waals surface area contributed by atoms with Crippen LogP contribution in [0.1, 0.15) is 31.2 Å². The van der Waals surface area contributed by atoms with Gasteiger partial charge in [-0.3, -0.25) is 0 Å². The van der Waals surface area contributed by atoms with Crippen LogP contribution in [0.3, 0.4) is 0 Å². The molecule has 1 aromatic rings. The second-order valence-corrected chi connectivity index (χ2v) is 4.61. The molecule has 0 bridgehead atoms. The third-order valence-electron chi connectivity index (χ3n) is 3.02. The predicted molar refractivity (Wildman–Crippen MR) is 75.3 cm³/mol. The topological polar surface area (TPSA) is 29.5 Å². The second kappa shape index (κ2) is 9.86. The first-order valence-corrected chi connectivity index (χ1v) is 6.70. The summed E-state index contributed by atoms with van der Waals surface area (Å²) in [5.74, 6) is 0.372. The van der Waals surface area contributed by atoms with Gasteiger partial charge in [-0.05, 0) is 30.7 Å². The number of hydrogen-bond donors (Lipinski definition) is 1. The first-order valence-electron chi connectivity index (χ1n) is 6.70. The van der Waals surface area contributed by atoms with E-state index < -0.39 is 0 Å². The van der Waals surface area contributed by atoms with Gasteiger partial charge in [-0.15, -0.1) is 6.58 Å². The molecule has 2 nitrogen and oxygen atoms in total. The summed E-state index contributed by atoms with van der Waals surface area (Å²) in [5.41, 5.74) is 1.22. The standard InChI is InChI=1S/C16H24O2/c1-2-8-15(13-17)9-6-7-12-18-14-16-10-4-3-5-11-16/h2-5,10-11,15,17H,1,6-9,12-14H2/t15-/m1/s1. The minimum absolute atomic E-state index is 0.261. The summed E-state index contributed by atoms with van der Waals surface area (Å²) in [6, 6.07) is 10.2. The fourth-order valence-corrected chi connectivity index (χ4v) is 1.92. The number of hydrogen-bond acceptors (Lipinski definition) is 2. The van der Waals surface area contributed by atoms with Crippen LogP contribution in [0, 0.1) is 5.92 Å². The summed E-state index contributed by atoms with van der Waals surface area (Å²) in [4.78, 5) is 0. The van der Waals surface area contributed by atoms with Gasteiger partial charge < -0.3 is 9.84 Å². The molecule has 1 aromatic carbocycles. The van der Waals surface area contributed by atoms with Gasteiger partial charge >= 0.3 is 0 Å². The Hall–Kier alpha value is -1.12. The number of aliphatic hydroxyl groups is 1. The molecule has 0 fully saturated rings. The van der Waals surface area contributed by atoms with E-state index in [1.165, 1.54) is 5.56 Å². The molecule has 0 aliphatic carbocycles. The van der Waals surface area contributed by atoms with Crippen molar-refractivity contribution in [3.63, 3.8) is 0 Å². The van der Waals surface area contributed by atoms with Gasteiger partial charge in [-0.2, -0.15) is 0 Å². The summed E-state index contributed by atoms with van der Waals surface area (Å²) in [5, 5.41) is 9.13. The van der Waals surface area contributed by atoms with Crippen molar-refractivity contribution < 1.29 is 9.84 Å². The average molecular weight is 248 g/mol. The van der Waals surface area contributed by atoms with E-state index >= 15 is 0 Å². The van der Waals surface area contributed by atoms with Crippen molar-refractivity contribution in [2.45, 2.75) is 32.3 Å². The number of allylic oxidation sites excluding steroid dienone is 1. The maximum Gasteiger partial charge on any atom is 0.0716 e. The van der Waals surface area contributed by atoms with Crippen LogP contribution in [0.15, 0.2) is 43.0 Å². The van der Waals surface area contributed by atoms with Crippen LogP contribution in [-0.2, 0) is 11.3 Å². The Morgan fingerprint density at radius 1 is 1.22 bits per heavy atom. The Balaban J connectivity index is 2.00. The molecule has 1 rings (SSSR count). The van der Waals surface area contributed by atoms with Crippen LogP contribution in [0.2, 0.25) is 0 Å². The molecule has 0 aromatic heterocycles. The van der Waals surface area contributed by atoms with Crippen LogP contribution in [0.4, 0.5) is 0 Å². The van der Waals surface area contributed by atoms with Crippen molar-refractivity contribution in [2.24, 2.45) is 5.92 Å². The van der Waals surface area contributed by atoms with Crippen LogP contribution in [0.25, 0.3) is 0 Å². The highest BCUT2D eigenvalue weighted by Gasteiger charge is 2.04. The van der Waals surface area contributed by atoms with Crippen molar-refractivity contribution >= 4 is 0 Å². The Labute approximate surface area is 110 Å². The SMILES string of the molecule is C=CC[C@@H](CO)CCCCOCc1ccccc1. The summed E-state index contributed by atoms with van der Waals surface area (Å²) >= 11 is 0. The molecule has 0 unspecified atom stereocenters. The van der Waals surface area contributed by atoms with Crippen LogP contribution < -0.4 is 0 Å². The van der Waals surface area contributed by atoms with Crippen molar-refractivity contribution in [2.75, 3.05) is 13.2 Å². The van der Waals surface area contributed by atoms with Gasteiger partial charge in [0.2, 0.25) is 0 Å². The smallest absolute Gasteiger partial charge is 0.0716 e. The van der Waals surface area contributed by atoms with Gasteiger partial charge in [0, 0.05) is 13.2 Å². The number of rotatable bonds is 10. The molecule has 0 aliphatic rings. The Morgan fingerprint density at radius 3 is 2.67 bits per heavy atom. The summed E-state index contributed by atoms with van der Waals surface area (Å²) in [6.07, 6.45) is 6.00. The Bertz CT molecular complexity index is 308. The van der Waals surface area contributed by atoms with E-state index in [1.807, 2.05) is 24.3 Å². The minimum atomic E-state index is 0.261. The highest BCUT2D eigenvalue weighted by atomic mass is 16.5. The molecular weight excluding hydrogens is 224 g/mol. The number of aliphatic hydroxyl groups excluding tert-OH is 1. The Morgan fingerprint density at radius 2 is 2.00 bits per heavy atom. The quantitative estimate of drug-likeness (QED) is 0.507. The van der Waals surface area contributed by atoms with Crippen molar-refractivity contribution in [1.29, 1.82) is 0 Å². The summed E-state index contributed by atoms with van der Waals surface area (Å²) < 4.78 is 5.61. The van der Waals surface area contributed by atoms with Gasteiger partial charge in [-0.25, -0.2) is 0 Å². The van der Waals surface area contributed by atoms with Crippen LogP contribution in [-0.4, -0.2) is 18.3 Å². The lowest BCUT2D eigenvalue weighted by Gasteiger charge is -2.11. The number of benzene rings is 1. The molecule has 0 saturated heterocycles. The van der Waals surface area contributed by atoms with Crippen molar-refractivity contribution in [3.05, 3.63) is 48.6 Å². The highest BCUT2D eigenvalue weighted by molar-refractivity contribution is 5.13. The molecule has 100 valence electrons. The van der Waals surface area contributed by atoms with Gasteiger partial charge in [0.1, 0.15) is 0 Å². The monoisotopic (exact) mass is 248 g/mol. The third kappa shape index (κ3) is 6.58. The lowest BCUT2D eigenvalue weighted by molar-refractivity contribution is 0.114. The first-order chi connectivity index (χ1) is 8.86. The fraction of sp³-hybridized carbons (Fsp3) is 0.500. The molecule has 0 spiro atoms. The van der Waals surface area contributed by atoms with E-state index in [-0.39, 0.29) is 6.61 Å². The zero-order valence-electron chi connectivity index (χ0n) is 11.1. The molecule has 1 atom stereocenters. The van der Waals surface area contributed by atoms with Crippen LogP contribution in [0.5, 0.6) is 0 Å². The maximum absolute atomic E-state index is 9.13. The first kappa shape index (κ1) is 14.9. The van der Waals surface area contributed by atoms with Crippen LogP contribution >= 0.6 is 0 Å². The van der Waals surface area contributed by atoms with Gasteiger partial charge in [0.25, 0.3) is 0 Å². The van der Waals surface area contributed by atoms with Gasteiger partial charge in [-0.1, -0.05) is 42.8 Å². The molecule has 0 saturated carbocycles. The molecule has 18 heavy (non-hydrogen) atoms. The van der Waals surface area contributed by atoms with E-state index in [4.69, 9.17) is 9.84 Å². The van der Waals surface area contributed by atoms with E-state index in [1.54, 1.807) is 0 Å². The van der Waals surface area contributed by atoms with Crippen molar-refractivity contribution in [3.8, 4) is 0 Å².